The van der Waals surface area contributed by atoms with Crippen molar-refractivity contribution in [3.05, 3.63) is 10.8 Å². The van der Waals surface area contributed by atoms with Gasteiger partial charge in [0, 0.05) is 7.11 Å². The zero-order chi connectivity index (χ0) is 11.5. The van der Waals surface area contributed by atoms with E-state index in [4.69, 9.17) is 10.5 Å². The van der Waals surface area contributed by atoms with Gasteiger partial charge in [0.15, 0.2) is 0 Å². The van der Waals surface area contributed by atoms with Gasteiger partial charge >= 0.3 is 0 Å². The third kappa shape index (κ3) is 2.27. The first-order valence-corrected chi connectivity index (χ1v) is 6.07. The van der Waals surface area contributed by atoms with Crippen molar-refractivity contribution in [2.75, 3.05) is 18.2 Å². The number of aromatic nitrogens is 2. The summed E-state index contributed by atoms with van der Waals surface area (Å²) in [6, 6.07) is 0.301. The van der Waals surface area contributed by atoms with Crippen LogP contribution in [0.5, 0.6) is 0 Å². The highest BCUT2D eigenvalue weighted by atomic mass is 79.9. The number of ether oxygens (including phenoxy) is 1. The topological polar surface area (TPSA) is 73.1 Å². The predicted molar refractivity (Wildman–Crippen MR) is 66.2 cm³/mol. The molecule has 0 aliphatic heterocycles. The lowest BCUT2D eigenvalue weighted by molar-refractivity contribution is 0.101. The predicted octanol–water partition coefficient (Wildman–Crippen LogP) is 1.80. The van der Waals surface area contributed by atoms with Crippen molar-refractivity contribution in [2.45, 2.75) is 31.4 Å². The maximum atomic E-state index is 5.69. The van der Waals surface area contributed by atoms with Gasteiger partial charge in [-0.3, -0.25) is 0 Å². The molecule has 1 fully saturated rings. The van der Waals surface area contributed by atoms with Gasteiger partial charge in [0.25, 0.3) is 0 Å². The number of hydrogen-bond donors (Lipinski definition) is 2. The number of nitrogens with one attached hydrogen (secondary N) is 1. The average molecular weight is 287 g/mol. The molecule has 2 atom stereocenters. The lowest BCUT2D eigenvalue weighted by atomic mass is 10.2. The van der Waals surface area contributed by atoms with Crippen LogP contribution in [0.15, 0.2) is 10.8 Å². The summed E-state index contributed by atoms with van der Waals surface area (Å²) in [6.45, 7) is 0. The van der Waals surface area contributed by atoms with E-state index in [2.05, 4.69) is 31.2 Å². The van der Waals surface area contributed by atoms with Crippen LogP contribution in [0.2, 0.25) is 0 Å². The van der Waals surface area contributed by atoms with Gasteiger partial charge in [0.2, 0.25) is 0 Å². The van der Waals surface area contributed by atoms with Crippen LogP contribution in [0.25, 0.3) is 0 Å². The van der Waals surface area contributed by atoms with E-state index in [1.165, 1.54) is 12.7 Å². The molecule has 16 heavy (non-hydrogen) atoms. The molecule has 2 rings (SSSR count). The van der Waals surface area contributed by atoms with Gasteiger partial charge in [0.05, 0.1) is 12.1 Å². The van der Waals surface area contributed by atoms with E-state index >= 15 is 0 Å². The fourth-order valence-corrected chi connectivity index (χ4v) is 2.35. The molecule has 1 aliphatic rings. The number of rotatable bonds is 3. The van der Waals surface area contributed by atoms with Crippen molar-refractivity contribution in [1.82, 2.24) is 9.97 Å². The number of nitrogens with two attached hydrogens (primary N) is 1. The molecule has 0 bridgehead atoms. The van der Waals surface area contributed by atoms with Gasteiger partial charge in [0.1, 0.15) is 22.4 Å². The Bertz CT molecular complexity index is 374. The molecule has 1 aromatic heterocycles. The van der Waals surface area contributed by atoms with E-state index in [0.717, 1.165) is 23.1 Å². The third-order valence-corrected chi connectivity index (χ3v) is 3.68. The molecular weight excluding hydrogens is 272 g/mol. The number of nitrogens with zero attached hydrogens (tertiary/aromatic N) is 2. The molecule has 2 unspecified atom stereocenters. The summed E-state index contributed by atoms with van der Waals surface area (Å²) in [4.78, 5) is 8.07. The second-order valence-electron chi connectivity index (χ2n) is 3.88. The van der Waals surface area contributed by atoms with Gasteiger partial charge in [-0.2, -0.15) is 0 Å². The zero-order valence-corrected chi connectivity index (χ0v) is 10.7. The molecule has 1 heterocycles. The maximum absolute atomic E-state index is 5.69. The van der Waals surface area contributed by atoms with Crippen LogP contribution in [0, 0.1) is 0 Å². The largest absolute Gasteiger partial charge is 0.383 e. The van der Waals surface area contributed by atoms with Gasteiger partial charge < -0.3 is 15.8 Å². The molecule has 5 nitrogen and oxygen atoms in total. The van der Waals surface area contributed by atoms with E-state index in [1.54, 1.807) is 7.11 Å². The highest BCUT2D eigenvalue weighted by molar-refractivity contribution is 9.10. The Morgan fingerprint density at radius 3 is 3.06 bits per heavy atom. The number of anilines is 2. The standard InChI is InChI=1S/C10H15BrN4O/c1-16-7-4-2-3-6(7)15-10-8(11)9(12)13-5-14-10/h5-7H,2-4H2,1H3,(H3,12,13,14,15). The Hall–Kier alpha value is -0.880. The molecule has 6 heteroatoms. The van der Waals surface area contributed by atoms with Crippen molar-refractivity contribution in [3.8, 4) is 0 Å². The van der Waals surface area contributed by atoms with E-state index in [9.17, 15) is 0 Å². The highest BCUT2D eigenvalue weighted by Crippen LogP contribution is 2.29. The fraction of sp³-hybridized carbons (Fsp3) is 0.600. The SMILES string of the molecule is COC1CCCC1Nc1ncnc(N)c1Br. The molecule has 3 N–H and O–H groups in total. The van der Waals surface area contributed by atoms with Crippen LogP contribution in [0.4, 0.5) is 11.6 Å². The molecule has 0 amide bonds. The summed E-state index contributed by atoms with van der Waals surface area (Å²) in [5.41, 5.74) is 5.69. The Kier molecular flexibility index (Phi) is 3.60. The van der Waals surface area contributed by atoms with Crippen LogP contribution >= 0.6 is 15.9 Å². The lowest BCUT2D eigenvalue weighted by Crippen LogP contribution is -2.30. The number of nitrogen functional groups attached to an aromatic ring is 1. The third-order valence-electron chi connectivity index (χ3n) is 2.89. The Balaban J connectivity index is 2.11. The van der Waals surface area contributed by atoms with Gasteiger partial charge in [-0.05, 0) is 35.2 Å². The van der Waals surface area contributed by atoms with Gasteiger partial charge in [-0.1, -0.05) is 0 Å². The fourth-order valence-electron chi connectivity index (χ4n) is 2.03. The van der Waals surface area contributed by atoms with Crippen LogP contribution < -0.4 is 11.1 Å². The second kappa shape index (κ2) is 4.97. The highest BCUT2D eigenvalue weighted by Gasteiger charge is 2.27. The molecular formula is C10H15BrN4O. The normalized spacial score (nSPS) is 24.6. The van der Waals surface area contributed by atoms with E-state index in [-0.39, 0.29) is 6.10 Å². The minimum atomic E-state index is 0.253. The first-order valence-electron chi connectivity index (χ1n) is 5.27. The summed E-state index contributed by atoms with van der Waals surface area (Å²) < 4.78 is 6.13. The van der Waals surface area contributed by atoms with Crippen molar-refractivity contribution in [3.63, 3.8) is 0 Å². The molecule has 1 aliphatic carbocycles. The number of methoxy groups -OCH3 is 1. The minimum absolute atomic E-state index is 0.253. The van der Waals surface area contributed by atoms with Crippen LogP contribution in [-0.4, -0.2) is 29.2 Å². The molecule has 0 radical (unpaired) electrons. The Labute approximate surface area is 103 Å². The summed E-state index contributed by atoms with van der Waals surface area (Å²) in [5, 5.41) is 3.35. The summed E-state index contributed by atoms with van der Waals surface area (Å²) >= 11 is 3.38. The number of hydrogen-bond acceptors (Lipinski definition) is 5. The van der Waals surface area contributed by atoms with E-state index in [0.29, 0.717) is 11.9 Å². The Morgan fingerprint density at radius 2 is 2.31 bits per heavy atom. The summed E-state index contributed by atoms with van der Waals surface area (Å²) in [5.74, 6) is 1.19. The van der Waals surface area contributed by atoms with Crippen molar-refractivity contribution in [1.29, 1.82) is 0 Å². The van der Waals surface area contributed by atoms with Crippen LogP contribution in [0.1, 0.15) is 19.3 Å². The summed E-state index contributed by atoms with van der Waals surface area (Å²) in [7, 11) is 1.74. The van der Waals surface area contributed by atoms with Crippen LogP contribution in [-0.2, 0) is 4.74 Å². The van der Waals surface area contributed by atoms with E-state index in [1.807, 2.05) is 0 Å². The first kappa shape index (κ1) is 11.6. The van der Waals surface area contributed by atoms with Crippen molar-refractivity contribution >= 4 is 27.6 Å². The molecule has 0 spiro atoms. The molecule has 1 saturated carbocycles. The van der Waals surface area contributed by atoms with Crippen molar-refractivity contribution < 1.29 is 4.74 Å². The maximum Gasteiger partial charge on any atom is 0.146 e. The monoisotopic (exact) mass is 286 g/mol. The van der Waals surface area contributed by atoms with Gasteiger partial charge in [-0.25, -0.2) is 9.97 Å². The molecule has 0 saturated heterocycles. The van der Waals surface area contributed by atoms with E-state index < -0.39 is 0 Å². The smallest absolute Gasteiger partial charge is 0.146 e. The minimum Gasteiger partial charge on any atom is -0.383 e. The van der Waals surface area contributed by atoms with Gasteiger partial charge in [-0.15, -0.1) is 0 Å². The Morgan fingerprint density at radius 1 is 1.50 bits per heavy atom. The molecule has 1 aromatic rings. The van der Waals surface area contributed by atoms with Crippen LogP contribution in [0.3, 0.4) is 0 Å². The lowest BCUT2D eigenvalue weighted by Gasteiger charge is -2.20. The molecule has 88 valence electrons. The first-order chi connectivity index (χ1) is 7.72. The number of halogens is 1. The molecule has 0 aromatic carbocycles. The second-order valence-corrected chi connectivity index (χ2v) is 4.67. The van der Waals surface area contributed by atoms with Crippen molar-refractivity contribution in [2.24, 2.45) is 0 Å². The average Bonchev–Trinajstić information content (AvgIpc) is 2.72. The quantitative estimate of drug-likeness (QED) is 0.886. The summed E-state index contributed by atoms with van der Waals surface area (Å²) in [6.07, 6.45) is 5.07. The zero-order valence-electron chi connectivity index (χ0n) is 9.11.